The van der Waals surface area contributed by atoms with Crippen LogP contribution in [0.15, 0.2) is 5.10 Å². The lowest BCUT2D eigenvalue weighted by Crippen LogP contribution is -2.43. The summed E-state index contributed by atoms with van der Waals surface area (Å²) >= 11 is 0. The molecule has 0 aromatic rings. The molecule has 1 aliphatic heterocycles. The number of esters is 1. The predicted octanol–water partition coefficient (Wildman–Crippen LogP) is 1.33. The molecule has 18 heavy (non-hydrogen) atoms. The average Bonchev–Trinajstić information content (AvgIpc) is 2.71. The summed E-state index contributed by atoms with van der Waals surface area (Å²) < 4.78 is 10.3. The number of rotatable bonds is 4. The molecule has 0 aromatic heterocycles. The summed E-state index contributed by atoms with van der Waals surface area (Å²) in [7, 11) is 1.74. The summed E-state index contributed by atoms with van der Waals surface area (Å²) in [5, 5.41) is 4.18. The first kappa shape index (κ1) is 13.3. The van der Waals surface area contributed by atoms with Gasteiger partial charge < -0.3 is 14.9 Å². The van der Waals surface area contributed by atoms with Crippen molar-refractivity contribution in [1.29, 1.82) is 0 Å². The van der Waals surface area contributed by atoms with E-state index in [1.54, 1.807) is 7.11 Å². The van der Waals surface area contributed by atoms with E-state index in [0.29, 0.717) is 12.3 Å². The van der Waals surface area contributed by atoms with Gasteiger partial charge in [-0.1, -0.05) is 6.92 Å². The van der Waals surface area contributed by atoms with Crippen molar-refractivity contribution in [2.45, 2.75) is 39.2 Å². The van der Waals surface area contributed by atoms with Gasteiger partial charge in [0.15, 0.2) is 5.71 Å². The van der Waals surface area contributed by atoms with Gasteiger partial charge in [-0.15, -0.1) is 0 Å². The van der Waals surface area contributed by atoms with E-state index in [1.165, 1.54) is 0 Å². The van der Waals surface area contributed by atoms with Crippen molar-refractivity contribution in [2.75, 3.05) is 20.3 Å². The van der Waals surface area contributed by atoms with Crippen LogP contribution in [0.25, 0.3) is 0 Å². The van der Waals surface area contributed by atoms with Gasteiger partial charge in [0, 0.05) is 13.0 Å². The maximum atomic E-state index is 11.8. The van der Waals surface area contributed by atoms with Gasteiger partial charge in [-0.25, -0.2) is 4.79 Å². The van der Waals surface area contributed by atoms with Crippen molar-refractivity contribution in [2.24, 2.45) is 16.4 Å². The number of carbonyl (C=O) groups is 1. The Balaban J connectivity index is 1.99. The number of nitrogens with zero attached hydrogens (tertiary/aromatic N) is 1. The number of methoxy groups -OCH3 is 1. The SMILES string of the molecule is CCOC(=O)C1=NNC2C[C@](C)(COC)CCC12. The highest BCUT2D eigenvalue weighted by molar-refractivity contribution is 6.37. The highest BCUT2D eigenvalue weighted by Crippen LogP contribution is 2.41. The number of ether oxygens (including phenoxy) is 2. The van der Waals surface area contributed by atoms with Crippen LogP contribution >= 0.6 is 0 Å². The molecular weight excluding hydrogens is 232 g/mol. The number of hydrogen-bond donors (Lipinski definition) is 1. The van der Waals surface area contributed by atoms with Gasteiger partial charge in [-0.2, -0.15) is 5.10 Å². The largest absolute Gasteiger partial charge is 0.461 e. The highest BCUT2D eigenvalue weighted by atomic mass is 16.5. The van der Waals surface area contributed by atoms with E-state index in [2.05, 4.69) is 17.5 Å². The molecule has 5 nitrogen and oxygen atoms in total. The van der Waals surface area contributed by atoms with E-state index in [0.717, 1.165) is 25.9 Å². The lowest BCUT2D eigenvalue weighted by atomic mass is 9.69. The zero-order chi connectivity index (χ0) is 13.2. The molecule has 2 aliphatic rings. The van der Waals surface area contributed by atoms with Gasteiger partial charge in [0.05, 0.1) is 19.3 Å². The predicted molar refractivity (Wildman–Crippen MR) is 68.3 cm³/mol. The summed E-state index contributed by atoms with van der Waals surface area (Å²) in [6.07, 6.45) is 3.01. The third-order valence-electron chi connectivity index (χ3n) is 3.94. The van der Waals surface area contributed by atoms with E-state index in [1.807, 2.05) is 6.92 Å². The summed E-state index contributed by atoms with van der Waals surface area (Å²) in [5.74, 6) is -0.0678. The van der Waals surface area contributed by atoms with Crippen molar-refractivity contribution in [3.05, 3.63) is 0 Å². The Hall–Kier alpha value is -1.10. The van der Waals surface area contributed by atoms with Crippen LogP contribution in [0.5, 0.6) is 0 Å². The summed E-state index contributed by atoms with van der Waals surface area (Å²) in [6.45, 7) is 5.20. The number of hydrogen-bond acceptors (Lipinski definition) is 5. The van der Waals surface area contributed by atoms with E-state index < -0.39 is 0 Å². The van der Waals surface area contributed by atoms with Crippen LogP contribution in [0.1, 0.15) is 33.1 Å². The minimum absolute atomic E-state index is 0.183. The fraction of sp³-hybridized carbons (Fsp3) is 0.846. The quantitative estimate of drug-likeness (QED) is 0.769. The zero-order valence-electron chi connectivity index (χ0n) is 11.4. The molecule has 0 bridgehead atoms. The van der Waals surface area contributed by atoms with Crippen molar-refractivity contribution in [3.8, 4) is 0 Å². The normalized spacial score (nSPS) is 34.5. The maximum absolute atomic E-state index is 11.8. The number of hydrazone groups is 1. The Morgan fingerprint density at radius 2 is 2.39 bits per heavy atom. The molecule has 1 aliphatic carbocycles. The Morgan fingerprint density at radius 1 is 1.61 bits per heavy atom. The van der Waals surface area contributed by atoms with Crippen LogP contribution in [0.2, 0.25) is 0 Å². The van der Waals surface area contributed by atoms with Crippen molar-refractivity contribution in [1.82, 2.24) is 5.43 Å². The number of nitrogens with one attached hydrogen (secondary N) is 1. The van der Waals surface area contributed by atoms with Gasteiger partial charge in [-0.05, 0) is 31.6 Å². The second kappa shape index (κ2) is 5.26. The van der Waals surface area contributed by atoms with Crippen LogP contribution < -0.4 is 5.43 Å². The molecule has 0 aromatic carbocycles. The minimum atomic E-state index is -0.271. The van der Waals surface area contributed by atoms with Crippen molar-refractivity contribution >= 4 is 11.7 Å². The van der Waals surface area contributed by atoms with Crippen molar-refractivity contribution in [3.63, 3.8) is 0 Å². The minimum Gasteiger partial charge on any atom is -0.461 e. The van der Waals surface area contributed by atoms with E-state index in [4.69, 9.17) is 9.47 Å². The first-order chi connectivity index (χ1) is 8.59. The summed E-state index contributed by atoms with van der Waals surface area (Å²) in [4.78, 5) is 11.8. The fourth-order valence-corrected chi connectivity index (χ4v) is 3.06. The Morgan fingerprint density at radius 3 is 3.06 bits per heavy atom. The van der Waals surface area contributed by atoms with Gasteiger partial charge in [-0.3, -0.25) is 0 Å². The van der Waals surface area contributed by atoms with E-state index in [9.17, 15) is 4.79 Å². The first-order valence-corrected chi connectivity index (χ1v) is 6.59. The molecule has 0 radical (unpaired) electrons. The lowest BCUT2D eigenvalue weighted by Gasteiger charge is -2.39. The van der Waals surface area contributed by atoms with Crippen LogP contribution in [0, 0.1) is 11.3 Å². The summed E-state index contributed by atoms with van der Waals surface area (Å²) in [5.41, 5.74) is 3.85. The molecule has 2 rings (SSSR count). The molecule has 1 fully saturated rings. The van der Waals surface area contributed by atoms with Gasteiger partial charge in [0.2, 0.25) is 0 Å². The molecule has 0 spiro atoms. The maximum Gasteiger partial charge on any atom is 0.354 e. The fourth-order valence-electron chi connectivity index (χ4n) is 3.06. The molecule has 1 saturated carbocycles. The molecule has 3 atom stereocenters. The summed E-state index contributed by atoms with van der Waals surface area (Å²) in [6, 6.07) is 0.248. The lowest BCUT2D eigenvalue weighted by molar-refractivity contribution is -0.135. The molecule has 5 heteroatoms. The third-order valence-corrected chi connectivity index (χ3v) is 3.94. The van der Waals surface area contributed by atoms with Gasteiger partial charge >= 0.3 is 5.97 Å². The van der Waals surface area contributed by atoms with Crippen LogP contribution in [0.3, 0.4) is 0 Å². The van der Waals surface area contributed by atoms with Crippen LogP contribution in [-0.4, -0.2) is 38.0 Å². The number of fused-ring (bicyclic) bond motifs is 1. The highest BCUT2D eigenvalue weighted by Gasteiger charge is 2.44. The Labute approximate surface area is 108 Å². The topological polar surface area (TPSA) is 59.9 Å². The first-order valence-electron chi connectivity index (χ1n) is 6.59. The monoisotopic (exact) mass is 254 g/mol. The molecule has 102 valence electrons. The Kier molecular flexibility index (Phi) is 3.90. The Bertz CT molecular complexity index is 356. The van der Waals surface area contributed by atoms with Gasteiger partial charge in [0.1, 0.15) is 0 Å². The van der Waals surface area contributed by atoms with Crippen LogP contribution in [-0.2, 0) is 14.3 Å². The average molecular weight is 254 g/mol. The second-order valence-electron chi connectivity index (χ2n) is 5.55. The third kappa shape index (κ3) is 2.51. The van der Waals surface area contributed by atoms with Crippen molar-refractivity contribution < 1.29 is 14.3 Å². The molecular formula is C13H22N2O3. The smallest absolute Gasteiger partial charge is 0.354 e. The standard InChI is InChI=1S/C13H22N2O3/c1-4-18-12(16)11-9-5-6-13(2,8-17-3)7-10(9)14-15-11/h9-10,14H,4-8H2,1-3H3/t9?,10?,13-/m1/s1. The number of carbonyl (C=O) groups excluding carboxylic acids is 1. The molecule has 2 unspecified atom stereocenters. The van der Waals surface area contributed by atoms with Gasteiger partial charge in [0.25, 0.3) is 0 Å². The molecule has 0 saturated heterocycles. The van der Waals surface area contributed by atoms with E-state index in [-0.39, 0.29) is 23.3 Å². The second-order valence-corrected chi connectivity index (χ2v) is 5.55. The van der Waals surface area contributed by atoms with Crippen LogP contribution in [0.4, 0.5) is 0 Å². The molecule has 1 N–H and O–H groups in total. The molecule has 0 amide bonds. The zero-order valence-corrected chi connectivity index (χ0v) is 11.4. The van der Waals surface area contributed by atoms with E-state index >= 15 is 0 Å². The molecule has 1 heterocycles.